The van der Waals surface area contributed by atoms with Gasteiger partial charge in [-0.1, -0.05) is 72.8 Å². The Morgan fingerprint density at radius 3 is 2.31 bits per heavy atom. The molecule has 0 N–H and O–H groups in total. The van der Waals surface area contributed by atoms with Gasteiger partial charge in [0.15, 0.2) is 5.79 Å². The van der Waals surface area contributed by atoms with Crippen molar-refractivity contribution in [3.8, 4) is 0 Å². The molecule has 0 aromatic heterocycles. The predicted octanol–water partition coefficient (Wildman–Crippen LogP) is 4.91. The third-order valence-corrected chi connectivity index (χ3v) is 5.44. The van der Waals surface area contributed by atoms with Gasteiger partial charge in [0.1, 0.15) is 12.2 Å². The Labute approximate surface area is 207 Å². The summed E-state index contributed by atoms with van der Waals surface area (Å²) >= 11 is 0. The average Bonchev–Trinajstić information content (AvgIpc) is 3.21. The van der Waals surface area contributed by atoms with E-state index in [2.05, 4.69) is 0 Å². The SMILES string of the molecule is CC(=O)O[C@H](C(=O)O[C@H](C/C=C\[C@H](C)OCc1ccccc1)[C@@H]1COC(C)(C)O1)c1ccccc1. The van der Waals surface area contributed by atoms with Crippen LogP contribution in [0.1, 0.15) is 51.3 Å². The summed E-state index contributed by atoms with van der Waals surface area (Å²) in [7, 11) is 0. The molecule has 3 rings (SSSR count). The van der Waals surface area contributed by atoms with E-state index in [4.69, 9.17) is 23.7 Å². The summed E-state index contributed by atoms with van der Waals surface area (Å²) in [6.07, 6.45) is 1.81. The molecule has 1 aliphatic heterocycles. The van der Waals surface area contributed by atoms with Gasteiger partial charge in [0.05, 0.1) is 19.3 Å². The molecule has 1 heterocycles. The van der Waals surface area contributed by atoms with Crippen molar-refractivity contribution in [3.05, 3.63) is 83.9 Å². The van der Waals surface area contributed by atoms with Crippen LogP contribution in [0.15, 0.2) is 72.8 Å². The lowest BCUT2D eigenvalue weighted by atomic mass is 10.1. The lowest BCUT2D eigenvalue weighted by Crippen LogP contribution is -2.36. The summed E-state index contributed by atoms with van der Waals surface area (Å²) in [5.74, 6) is -2.01. The van der Waals surface area contributed by atoms with Crippen molar-refractivity contribution in [2.45, 2.75) is 70.9 Å². The van der Waals surface area contributed by atoms with Crippen molar-refractivity contribution in [2.24, 2.45) is 0 Å². The number of carbonyl (C=O) groups is 2. The van der Waals surface area contributed by atoms with Gasteiger partial charge >= 0.3 is 11.9 Å². The molecule has 2 aromatic carbocycles. The quantitative estimate of drug-likeness (QED) is 0.333. The third kappa shape index (κ3) is 8.62. The molecule has 0 unspecified atom stereocenters. The van der Waals surface area contributed by atoms with Crippen LogP contribution in [0.2, 0.25) is 0 Å². The maximum absolute atomic E-state index is 13.1. The van der Waals surface area contributed by atoms with Crippen molar-refractivity contribution >= 4 is 11.9 Å². The van der Waals surface area contributed by atoms with Gasteiger partial charge in [-0.25, -0.2) is 4.79 Å². The molecule has 1 saturated heterocycles. The zero-order valence-electron chi connectivity index (χ0n) is 20.7. The van der Waals surface area contributed by atoms with Crippen molar-refractivity contribution in [1.29, 1.82) is 0 Å². The Bertz CT molecular complexity index is 971. The summed E-state index contributed by atoms with van der Waals surface area (Å²) in [6.45, 7) is 7.61. The number of hydrogen-bond donors (Lipinski definition) is 0. The van der Waals surface area contributed by atoms with Crippen LogP contribution in [0.25, 0.3) is 0 Å². The highest BCUT2D eigenvalue weighted by Gasteiger charge is 2.40. The summed E-state index contributed by atoms with van der Waals surface area (Å²) in [4.78, 5) is 24.8. The zero-order valence-corrected chi connectivity index (χ0v) is 20.7. The van der Waals surface area contributed by atoms with E-state index in [9.17, 15) is 9.59 Å². The second-order valence-electron chi connectivity index (χ2n) is 8.91. The summed E-state index contributed by atoms with van der Waals surface area (Å²) in [5.41, 5.74) is 1.63. The predicted molar refractivity (Wildman–Crippen MR) is 130 cm³/mol. The smallest absolute Gasteiger partial charge is 0.352 e. The van der Waals surface area contributed by atoms with Gasteiger partial charge in [-0.15, -0.1) is 0 Å². The Hall–Kier alpha value is -3.00. The zero-order chi connectivity index (χ0) is 25.3. The molecule has 7 nitrogen and oxygen atoms in total. The number of hydrogen-bond acceptors (Lipinski definition) is 7. The molecule has 0 amide bonds. The molecule has 2 aromatic rings. The maximum atomic E-state index is 13.1. The molecule has 0 saturated carbocycles. The van der Waals surface area contributed by atoms with Gasteiger partial charge < -0.3 is 23.7 Å². The molecule has 188 valence electrons. The number of rotatable bonds is 11. The largest absolute Gasteiger partial charge is 0.456 e. The highest BCUT2D eigenvalue weighted by atomic mass is 16.8. The van der Waals surface area contributed by atoms with Gasteiger partial charge in [-0.05, 0) is 26.3 Å². The summed E-state index contributed by atoms with van der Waals surface area (Å²) < 4.78 is 28.7. The number of ether oxygens (including phenoxy) is 5. The highest BCUT2D eigenvalue weighted by Crippen LogP contribution is 2.29. The maximum Gasteiger partial charge on any atom is 0.352 e. The molecular weight excluding hydrogens is 448 g/mol. The molecule has 0 spiro atoms. The first kappa shape index (κ1) is 26.6. The van der Waals surface area contributed by atoms with E-state index in [0.717, 1.165) is 5.56 Å². The van der Waals surface area contributed by atoms with Crippen LogP contribution < -0.4 is 0 Å². The lowest BCUT2D eigenvalue weighted by molar-refractivity contribution is -0.182. The summed E-state index contributed by atoms with van der Waals surface area (Å²) in [6, 6.07) is 18.7. The van der Waals surface area contributed by atoms with E-state index in [1.54, 1.807) is 24.3 Å². The van der Waals surface area contributed by atoms with Crippen LogP contribution in [-0.2, 0) is 39.9 Å². The monoisotopic (exact) mass is 482 g/mol. The first-order chi connectivity index (χ1) is 16.7. The van der Waals surface area contributed by atoms with Gasteiger partial charge in [-0.2, -0.15) is 0 Å². The first-order valence-electron chi connectivity index (χ1n) is 11.8. The van der Waals surface area contributed by atoms with Gasteiger partial charge in [0, 0.05) is 18.9 Å². The van der Waals surface area contributed by atoms with Gasteiger partial charge in [-0.3, -0.25) is 4.79 Å². The van der Waals surface area contributed by atoms with Gasteiger partial charge in [0.2, 0.25) is 6.10 Å². The third-order valence-electron chi connectivity index (χ3n) is 5.44. The standard InChI is InChI=1S/C28H34O7/c1-20(31-18-22-13-7-5-8-14-22)12-11-17-24(25-19-32-28(3,4)35-25)34-27(30)26(33-21(2)29)23-15-9-6-10-16-23/h5-16,20,24-26H,17-19H2,1-4H3/b12-11-/t20-,24+,25-,26-/m0/s1. The van der Waals surface area contributed by atoms with E-state index >= 15 is 0 Å². The molecule has 0 bridgehead atoms. The fourth-order valence-corrected chi connectivity index (χ4v) is 3.69. The van der Waals surface area contributed by atoms with E-state index in [1.165, 1.54) is 6.92 Å². The highest BCUT2D eigenvalue weighted by molar-refractivity contribution is 5.80. The molecule has 35 heavy (non-hydrogen) atoms. The second-order valence-corrected chi connectivity index (χ2v) is 8.91. The average molecular weight is 483 g/mol. The number of benzene rings is 2. The molecule has 0 aliphatic carbocycles. The first-order valence-corrected chi connectivity index (χ1v) is 11.8. The normalized spacial score (nSPS) is 19.7. The van der Waals surface area contributed by atoms with Crippen LogP contribution in [0.3, 0.4) is 0 Å². The molecule has 1 fully saturated rings. The summed E-state index contributed by atoms with van der Waals surface area (Å²) in [5, 5.41) is 0. The van der Waals surface area contributed by atoms with Crippen molar-refractivity contribution in [3.63, 3.8) is 0 Å². The van der Waals surface area contributed by atoms with Crippen LogP contribution in [-0.4, -0.2) is 42.6 Å². The Morgan fingerprint density at radius 1 is 1.06 bits per heavy atom. The van der Waals surface area contributed by atoms with Crippen molar-refractivity contribution in [2.75, 3.05) is 6.61 Å². The Kier molecular flexibility index (Phi) is 9.60. The lowest BCUT2D eigenvalue weighted by Gasteiger charge is -2.25. The fraction of sp³-hybridized carbons (Fsp3) is 0.429. The fourth-order valence-electron chi connectivity index (χ4n) is 3.69. The van der Waals surface area contributed by atoms with Crippen molar-refractivity contribution < 1.29 is 33.3 Å². The van der Waals surface area contributed by atoms with E-state index < -0.39 is 36.0 Å². The minimum Gasteiger partial charge on any atom is -0.456 e. The molecule has 4 atom stereocenters. The Balaban J connectivity index is 1.66. The molecule has 1 aliphatic rings. The second kappa shape index (κ2) is 12.6. The minimum atomic E-state index is -1.16. The number of carbonyl (C=O) groups excluding carboxylic acids is 2. The van der Waals surface area contributed by atoms with E-state index in [1.807, 2.05) is 69.3 Å². The van der Waals surface area contributed by atoms with Crippen LogP contribution >= 0.6 is 0 Å². The van der Waals surface area contributed by atoms with E-state index in [-0.39, 0.29) is 12.7 Å². The Morgan fingerprint density at radius 2 is 1.71 bits per heavy atom. The number of esters is 2. The van der Waals surface area contributed by atoms with Crippen LogP contribution in [0.4, 0.5) is 0 Å². The van der Waals surface area contributed by atoms with Crippen LogP contribution in [0.5, 0.6) is 0 Å². The van der Waals surface area contributed by atoms with Crippen molar-refractivity contribution in [1.82, 2.24) is 0 Å². The van der Waals surface area contributed by atoms with E-state index in [0.29, 0.717) is 18.6 Å². The van der Waals surface area contributed by atoms with Crippen LogP contribution in [0, 0.1) is 0 Å². The molecule has 7 heteroatoms. The topological polar surface area (TPSA) is 80.3 Å². The minimum absolute atomic E-state index is 0.137. The molecular formula is C28H34O7. The van der Waals surface area contributed by atoms with Gasteiger partial charge in [0.25, 0.3) is 0 Å². The molecule has 0 radical (unpaired) electrons.